The van der Waals surface area contributed by atoms with Crippen LogP contribution in [0.1, 0.15) is 24.9 Å². The van der Waals surface area contributed by atoms with E-state index in [4.69, 9.17) is 17.3 Å². The maximum Gasteiger partial charge on any atom is 0.0551 e. The minimum absolute atomic E-state index is 0.211. The van der Waals surface area contributed by atoms with Gasteiger partial charge in [-0.05, 0) is 66.0 Å². The molecule has 2 nitrogen and oxygen atoms in total. The van der Waals surface area contributed by atoms with E-state index in [2.05, 4.69) is 47.1 Å². The second kappa shape index (κ2) is 8.53. The summed E-state index contributed by atoms with van der Waals surface area (Å²) in [4.78, 5) is 2.34. The van der Waals surface area contributed by atoms with Gasteiger partial charge in [0.15, 0.2) is 0 Å². The Morgan fingerprint density at radius 1 is 1.47 bits per heavy atom. The standard InChI is InChI=1S/C14H22BrClN2S/c1-10(6-7-19-3)18(2)14(9-17)11-4-5-12(15)13(16)8-11/h4-5,8,10,14H,6-7,9,17H2,1-3H3. The molecule has 0 heterocycles. The largest absolute Gasteiger partial charge is 0.329 e. The van der Waals surface area contributed by atoms with Crippen molar-refractivity contribution >= 4 is 39.3 Å². The van der Waals surface area contributed by atoms with Gasteiger partial charge in [0.25, 0.3) is 0 Å². The highest BCUT2D eigenvalue weighted by Crippen LogP contribution is 2.29. The van der Waals surface area contributed by atoms with Crippen molar-refractivity contribution in [3.63, 3.8) is 0 Å². The molecule has 0 aliphatic carbocycles. The average molecular weight is 366 g/mol. The van der Waals surface area contributed by atoms with E-state index >= 15 is 0 Å². The SMILES string of the molecule is CSCCC(C)N(C)C(CN)c1ccc(Br)c(Cl)c1. The number of likely N-dealkylation sites (N-methyl/N-ethyl adjacent to an activating group) is 1. The smallest absolute Gasteiger partial charge is 0.0551 e. The van der Waals surface area contributed by atoms with Gasteiger partial charge in [-0.3, -0.25) is 4.90 Å². The molecule has 0 bridgehead atoms. The zero-order valence-electron chi connectivity index (χ0n) is 11.7. The molecule has 0 aliphatic heterocycles. The molecular formula is C14H22BrClN2S. The molecule has 0 fully saturated rings. The van der Waals surface area contributed by atoms with Gasteiger partial charge >= 0.3 is 0 Å². The molecule has 0 radical (unpaired) electrons. The van der Waals surface area contributed by atoms with Gasteiger partial charge in [0.1, 0.15) is 0 Å². The van der Waals surface area contributed by atoms with Crippen molar-refractivity contribution in [1.29, 1.82) is 0 Å². The zero-order valence-corrected chi connectivity index (χ0v) is 14.9. The van der Waals surface area contributed by atoms with Gasteiger partial charge in [-0.1, -0.05) is 17.7 Å². The highest BCUT2D eigenvalue weighted by molar-refractivity contribution is 9.10. The number of hydrogen-bond acceptors (Lipinski definition) is 3. The Balaban J connectivity index is 2.83. The quantitative estimate of drug-likeness (QED) is 0.786. The lowest BCUT2D eigenvalue weighted by Crippen LogP contribution is -2.37. The van der Waals surface area contributed by atoms with Gasteiger partial charge in [0, 0.05) is 23.1 Å². The van der Waals surface area contributed by atoms with Crippen LogP contribution in [0.3, 0.4) is 0 Å². The van der Waals surface area contributed by atoms with Crippen molar-refractivity contribution in [2.75, 3.05) is 25.6 Å². The molecule has 0 aliphatic rings. The maximum atomic E-state index is 6.17. The molecule has 2 atom stereocenters. The molecule has 108 valence electrons. The molecule has 5 heteroatoms. The van der Waals surface area contributed by atoms with Crippen molar-refractivity contribution in [1.82, 2.24) is 4.90 Å². The Hall–Kier alpha value is 0.260. The third-order valence-electron chi connectivity index (χ3n) is 3.48. The van der Waals surface area contributed by atoms with Gasteiger partial charge in [-0.25, -0.2) is 0 Å². The van der Waals surface area contributed by atoms with E-state index in [9.17, 15) is 0 Å². The van der Waals surface area contributed by atoms with Crippen LogP contribution in [-0.2, 0) is 0 Å². The van der Waals surface area contributed by atoms with Crippen LogP contribution in [0.25, 0.3) is 0 Å². The van der Waals surface area contributed by atoms with Crippen LogP contribution in [-0.4, -0.2) is 36.5 Å². The Kier molecular flexibility index (Phi) is 7.77. The Morgan fingerprint density at radius 2 is 2.16 bits per heavy atom. The van der Waals surface area contributed by atoms with Crippen LogP contribution >= 0.6 is 39.3 Å². The highest BCUT2D eigenvalue weighted by Gasteiger charge is 2.20. The average Bonchev–Trinajstić information content (AvgIpc) is 2.40. The summed E-state index contributed by atoms with van der Waals surface area (Å²) in [5.74, 6) is 1.17. The summed E-state index contributed by atoms with van der Waals surface area (Å²) in [6.45, 7) is 2.84. The lowest BCUT2D eigenvalue weighted by atomic mass is 10.0. The number of thioether (sulfide) groups is 1. The van der Waals surface area contributed by atoms with E-state index < -0.39 is 0 Å². The van der Waals surface area contributed by atoms with Gasteiger partial charge in [-0.15, -0.1) is 0 Å². The van der Waals surface area contributed by atoms with Crippen LogP contribution in [0, 0.1) is 0 Å². The van der Waals surface area contributed by atoms with Crippen molar-refractivity contribution in [2.45, 2.75) is 25.4 Å². The molecule has 2 unspecified atom stereocenters. The Morgan fingerprint density at radius 3 is 2.68 bits per heavy atom. The van der Waals surface area contributed by atoms with Crippen molar-refractivity contribution in [3.8, 4) is 0 Å². The summed E-state index contributed by atoms with van der Waals surface area (Å²) >= 11 is 11.5. The van der Waals surface area contributed by atoms with Crippen molar-refractivity contribution in [3.05, 3.63) is 33.3 Å². The number of hydrogen-bond donors (Lipinski definition) is 1. The number of benzene rings is 1. The minimum atomic E-state index is 0.211. The first-order chi connectivity index (χ1) is 9.01. The summed E-state index contributed by atoms with van der Waals surface area (Å²) in [6.07, 6.45) is 3.31. The van der Waals surface area contributed by atoms with Crippen molar-refractivity contribution in [2.24, 2.45) is 5.73 Å². The minimum Gasteiger partial charge on any atom is -0.329 e. The molecule has 0 saturated heterocycles. The number of halogens is 2. The third-order valence-corrected chi connectivity index (χ3v) is 5.35. The molecule has 0 saturated carbocycles. The summed E-state index contributed by atoms with van der Waals surface area (Å²) in [6, 6.07) is 6.79. The molecule has 1 aromatic rings. The van der Waals surface area contributed by atoms with Gasteiger partial charge < -0.3 is 5.73 Å². The lowest BCUT2D eigenvalue weighted by molar-refractivity contribution is 0.185. The van der Waals surface area contributed by atoms with E-state index in [1.165, 1.54) is 17.7 Å². The van der Waals surface area contributed by atoms with Crippen LogP contribution in [0.15, 0.2) is 22.7 Å². The topological polar surface area (TPSA) is 29.3 Å². The van der Waals surface area contributed by atoms with E-state index in [0.717, 1.165) is 9.50 Å². The fraction of sp³-hybridized carbons (Fsp3) is 0.571. The van der Waals surface area contributed by atoms with Crippen LogP contribution < -0.4 is 5.73 Å². The number of nitrogens with zero attached hydrogens (tertiary/aromatic N) is 1. The molecule has 1 rings (SSSR count). The first kappa shape index (κ1) is 17.3. The third kappa shape index (κ3) is 4.94. The first-order valence-corrected chi connectivity index (χ1v) is 8.93. The zero-order chi connectivity index (χ0) is 14.4. The molecule has 0 spiro atoms. The summed E-state index contributed by atoms with van der Waals surface area (Å²) in [7, 11) is 2.14. The molecular weight excluding hydrogens is 344 g/mol. The number of rotatable bonds is 7. The van der Waals surface area contributed by atoms with E-state index in [1.807, 2.05) is 23.9 Å². The number of nitrogens with two attached hydrogens (primary N) is 1. The maximum absolute atomic E-state index is 6.17. The molecule has 0 amide bonds. The molecule has 19 heavy (non-hydrogen) atoms. The van der Waals surface area contributed by atoms with Gasteiger partial charge in [0.05, 0.1) is 5.02 Å². The van der Waals surface area contributed by atoms with Crippen molar-refractivity contribution < 1.29 is 0 Å². The van der Waals surface area contributed by atoms with Gasteiger partial charge in [0.2, 0.25) is 0 Å². The summed E-state index contributed by atoms with van der Waals surface area (Å²) in [5, 5.41) is 0.737. The molecule has 0 aromatic heterocycles. The Bertz CT molecular complexity index is 403. The summed E-state index contributed by atoms with van der Waals surface area (Å²) in [5.41, 5.74) is 7.13. The van der Waals surface area contributed by atoms with Gasteiger partial charge in [-0.2, -0.15) is 11.8 Å². The predicted molar refractivity (Wildman–Crippen MR) is 91.2 cm³/mol. The van der Waals surface area contributed by atoms with Crippen LogP contribution in [0.4, 0.5) is 0 Å². The molecule has 1 aromatic carbocycles. The second-order valence-electron chi connectivity index (χ2n) is 4.72. The highest BCUT2D eigenvalue weighted by atomic mass is 79.9. The fourth-order valence-electron chi connectivity index (χ4n) is 2.06. The normalized spacial score (nSPS) is 14.7. The first-order valence-electron chi connectivity index (χ1n) is 6.37. The van der Waals surface area contributed by atoms with Crippen LogP contribution in [0.2, 0.25) is 5.02 Å². The van der Waals surface area contributed by atoms with E-state index in [1.54, 1.807) is 0 Å². The predicted octanol–water partition coefficient (Wildman–Crippen LogP) is 4.18. The van der Waals surface area contributed by atoms with E-state index in [0.29, 0.717) is 12.6 Å². The second-order valence-corrected chi connectivity index (χ2v) is 6.97. The lowest BCUT2D eigenvalue weighted by Gasteiger charge is -2.33. The Labute approximate surface area is 134 Å². The monoisotopic (exact) mass is 364 g/mol. The van der Waals surface area contributed by atoms with E-state index in [-0.39, 0.29) is 6.04 Å². The fourth-order valence-corrected chi connectivity index (χ4v) is 3.07. The van der Waals surface area contributed by atoms with Crippen LogP contribution in [0.5, 0.6) is 0 Å². The molecule has 2 N–H and O–H groups in total. The summed E-state index contributed by atoms with van der Waals surface area (Å²) < 4.78 is 0.923.